The average Bonchev–Trinajstić information content (AvgIpc) is 3.46. The van der Waals surface area contributed by atoms with Gasteiger partial charge in [-0.1, -0.05) is 0 Å². The van der Waals surface area contributed by atoms with Crippen molar-refractivity contribution in [2.24, 2.45) is 7.05 Å². The first-order valence-corrected chi connectivity index (χ1v) is 11.7. The van der Waals surface area contributed by atoms with E-state index < -0.39 is 11.7 Å². The Labute approximate surface area is 190 Å². The fourth-order valence-corrected chi connectivity index (χ4v) is 6.01. The van der Waals surface area contributed by atoms with Crippen molar-refractivity contribution in [3.8, 4) is 0 Å². The number of aliphatic hydroxyl groups is 1. The SMILES string of the molecule is Cn1nc(NCC(=O)N2CCC3C2CCN3C2CCC(O)CC2)c2cc(C(F)(F)F)ccc21. The number of halogens is 3. The van der Waals surface area contributed by atoms with Gasteiger partial charge in [0, 0.05) is 43.6 Å². The number of likely N-dealkylation sites (tertiary alicyclic amines) is 2. The Morgan fingerprint density at radius 2 is 1.85 bits per heavy atom. The lowest BCUT2D eigenvalue weighted by Gasteiger charge is -2.36. The van der Waals surface area contributed by atoms with Crippen molar-refractivity contribution in [1.82, 2.24) is 19.6 Å². The van der Waals surface area contributed by atoms with E-state index in [0.29, 0.717) is 29.5 Å². The fraction of sp³-hybridized carbons (Fsp3) is 0.652. The maximum atomic E-state index is 13.2. The molecule has 2 unspecified atom stereocenters. The highest BCUT2D eigenvalue weighted by Gasteiger charge is 2.46. The van der Waals surface area contributed by atoms with Gasteiger partial charge in [0.05, 0.1) is 23.7 Å². The highest BCUT2D eigenvalue weighted by atomic mass is 19.4. The lowest BCUT2D eigenvalue weighted by atomic mass is 9.91. The van der Waals surface area contributed by atoms with E-state index in [9.17, 15) is 23.1 Å². The number of anilines is 1. The largest absolute Gasteiger partial charge is 0.416 e. The summed E-state index contributed by atoms with van der Waals surface area (Å²) >= 11 is 0. The van der Waals surface area contributed by atoms with Gasteiger partial charge in [0.25, 0.3) is 0 Å². The van der Waals surface area contributed by atoms with Crippen LogP contribution in [0.4, 0.5) is 19.0 Å². The molecule has 7 nitrogen and oxygen atoms in total. The number of amides is 1. The Morgan fingerprint density at radius 3 is 2.58 bits per heavy atom. The summed E-state index contributed by atoms with van der Waals surface area (Å²) in [5.41, 5.74) is -0.163. The third-order valence-electron chi connectivity index (χ3n) is 7.66. The molecule has 1 aromatic carbocycles. The van der Waals surface area contributed by atoms with Crippen LogP contribution in [0.5, 0.6) is 0 Å². The second-order valence-corrected chi connectivity index (χ2v) is 9.55. The molecule has 1 aliphatic carbocycles. The fourth-order valence-electron chi connectivity index (χ4n) is 6.01. The van der Waals surface area contributed by atoms with E-state index in [0.717, 1.165) is 57.2 Å². The minimum absolute atomic E-state index is 0.00119. The lowest BCUT2D eigenvalue weighted by Crippen LogP contribution is -2.45. The predicted octanol–water partition coefficient (Wildman–Crippen LogP) is 2.98. The number of hydrogen-bond acceptors (Lipinski definition) is 5. The summed E-state index contributed by atoms with van der Waals surface area (Å²) in [5, 5.41) is 17.4. The molecule has 3 heterocycles. The number of hydrogen-bond donors (Lipinski definition) is 2. The van der Waals surface area contributed by atoms with Crippen molar-refractivity contribution in [2.45, 2.75) is 68.9 Å². The number of benzene rings is 1. The van der Waals surface area contributed by atoms with Crippen LogP contribution >= 0.6 is 0 Å². The normalized spacial score (nSPS) is 28.5. The van der Waals surface area contributed by atoms with Gasteiger partial charge in [-0.15, -0.1) is 0 Å². The standard InChI is InChI=1S/C23H30F3N5O2/c1-29-18-7-2-14(23(24,25)26)12-17(18)22(28-29)27-13-21(33)31-11-9-19-20(31)8-10-30(19)15-3-5-16(32)6-4-15/h2,7,12,15-16,19-20,32H,3-6,8-11,13H2,1H3,(H,27,28). The molecule has 2 saturated heterocycles. The summed E-state index contributed by atoms with van der Waals surface area (Å²) in [7, 11) is 1.67. The Kier molecular flexibility index (Phi) is 5.76. The van der Waals surface area contributed by atoms with Crippen LogP contribution in [0.1, 0.15) is 44.1 Å². The quantitative estimate of drug-likeness (QED) is 0.727. The molecule has 2 aromatic rings. The number of alkyl halides is 3. The Morgan fingerprint density at radius 1 is 1.12 bits per heavy atom. The zero-order chi connectivity index (χ0) is 23.3. The number of carbonyl (C=O) groups is 1. The highest BCUT2D eigenvalue weighted by molar-refractivity contribution is 5.92. The molecule has 33 heavy (non-hydrogen) atoms. The van der Waals surface area contributed by atoms with Crippen molar-refractivity contribution in [1.29, 1.82) is 0 Å². The molecular weight excluding hydrogens is 435 g/mol. The van der Waals surface area contributed by atoms with E-state index >= 15 is 0 Å². The molecule has 10 heteroatoms. The molecule has 2 aliphatic heterocycles. The maximum absolute atomic E-state index is 13.2. The second-order valence-electron chi connectivity index (χ2n) is 9.55. The van der Waals surface area contributed by atoms with Crippen molar-refractivity contribution in [2.75, 3.05) is 25.0 Å². The summed E-state index contributed by atoms with van der Waals surface area (Å²) in [4.78, 5) is 17.5. The highest BCUT2D eigenvalue weighted by Crippen LogP contribution is 2.37. The molecule has 1 aromatic heterocycles. The second kappa shape index (κ2) is 8.47. The summed E-state index contributed by atoms with van der Waals surface area (Å²) in [6.45, 7) is 1.67. The number of aliphatic hydroxyl groups excluding tert-OH is 1. The molecular formula is C23H30F3N5O2. The molecule has 3 aliphatic rings. The first-order valence-electron chi connectivity index (χ1n) is 11.7. The van der Waals surface area contributed by atoms with Crippen LogP contribution in [0.3, 0.4) is 0 Å². The molecule has 1 amide bonds. The smallest absolute Gasteiger partial charge is 0.393 e. The Bertz CT molecular complexity index is 1030. The predicted molar refractivity (Wildman–Crippen MR) is 118 cm³/mol. The van der Waals surface area contributed by atoms with Crippen molar-refractivity contribution < 1.29 is 23.1 Å². The lowest BCUT2D eigenvalue weighted by molar-refractivity contribution is -0.137. The van der Waals surface area contributed by atoms with Gasteiger partial charge < -0.3 is 15.3 Å². The van der Waals surface area contributed by atoms with Gasteiger partial charge in [-0.3, -0.25) is 14.4 Å². The molecule has 5 rings (SSSR count). The molecule has 180 valence electrons. The van der Waals surface area contributed by atoms with Crippen LogP contribution in [0.2, 0.25) is 0 Å². The van der Waals surface area contributed by atoms with Crippen LogP contribution in [0.15, 0.2) is 18.2 Å². The number of nitrogens with zero attached hydrogens (tertiary/aromatic N) is 4. The Balaban J connectivity index is 1.24. The first-order chi connectivity index (χ1) is 15.7. The molecule has 2 N–H and O–H groups in total. The third kappa shape index (κ3) is 4.19. The number of fused-ring (bicyclic) bond motifs is 2. The summed E-state index contributed by atoms with van der Waals surface area (Å²) in [6.07, 6.45) is 0.972. The van der Waals surface area contributed by atoms with Crippen molar-refractivity contribution >= 4 is 22.6 Å². The number of carbonyl (C=O) groups excluding carboxylic acids is 1. The van der Waals surface area contributed by atoms with Gasteiger partial charge in [0.1, 0.15) is 0 Å². The molecule has 1 saturated carbocycles. The van der Waals surface area contributed by atoms with Crippen LogP contribution in [-0.4, -0.2) is 74.5 Å². The Hall–Kier alpha value is -2.33. The van der Waals surface area contributed by atoms with Crippen LogP contribution in [-0.2, 0) is 18.0 Å². The van der Waals surface area contributed by atoms with Crippen LogP contribution in [0, 0.1) is 0 Å². The van der Waals surface area contributed by atoms with E-state index in [1.54, 1.807) is 7.05 Å². The molecule has 0 bridgehead atoms. The summed E-state index contributed by atoms with van der Waals surface area (Å²) < 4.78 is 41.0. The van der Waals surface area contributed by atoms with E-state index in [1.807, 2.05) is 4.90 Å². The van der Waals surface area contributed by atoms with Gasteiger partial charge >= 0.3 is 6.18 Å². The van der Waals surface area contributed by atoms with E-state index in [2.05, 4.69) is 15.3 Å². The van der Waals surface area contributed by atoms with Crippen molar-refractivity contribution in [3.63, 3.8) is 0 Å². The number of rotatable bonds is 4. The van der Waals surface area contributed by atoms with Gasteiger partial charge in [0.2, 0.25) is 5.91 Å². The maximum Gasteiger partial charge on any atom is 0.416 e. The van der Waals surface area contributed by atoms with Crippen LogP contribution in [0.25, 0.3) is 10.9 Å². The molecule has 0 radical (unpaired) electrons. The van der Waals surface area contributed by atoms with Gasteiger partial charge in [-0.25, -0.2) is 0 Å². The summed E-state index contributed by atoms with van der Waals surface area (Å²) in [5.74, 6) is 0.241. The topological polar surface area (TPSA) is 73.6 Å². The van der Waals surface area contributed by atoms with E-state index in [-0.39, 0.29) is 30.4 Å². The third-order valence-corrected chi connectivity index (χ3v) is 7.66. The van der Waals surface area contributed by atoms with E-state index in [4.69, 9.17) is 0 Å². The van der Waals surface area contributed by atoms with Gasteiger partial charge in [0.15, 0.2) is 5.82 Å². The first kappa shape index (κ1) is 22.5. The number of aromatic nitrogens is 2. The minimum atomic E-state index is -4.44. The average molecular weight is 466 g/mol. The summed E-state index contributed by atoms with van der Waals surface area (Å²) in [6, 6.07) is 4.56. The van der Waals surface area contributed by atoms with E-state index in [1.165, 1.54) is 10.7 Å². The van der Waals surface area contributed by atoms with Gasteiger partial charge in [-0.2, -0.15) is 18.3 Å². The zero-order valence-corrected chi connectivity index (χ0v) is 18.7. The van der Waals surface area contributed by atoms with Crippen LogP contribution < -0.4 is 5.32 Å². The molecule has 3 fully saturated rings. The zero-order valence-electron chi connectivity index (χ0n) is 18.7. The molecule has 2 atom stereocenters. The number of nitrogens with one attached hydrogen (secondary N) is 1. The van der Waals surface area contributed by atoms with Gasteiger partial charge in [-0.05, 0) is 56.7 Å². The molecule has 0 spiro atoms. The van der Waals surface area contributed by atoms with Crippen molar-refractivity contribution in [3.05, 3.63) is 23.8 Å². The number of aryl methyl sites for hydroxylation is 1. The monoisotopic (exact) mass is 465 g/mol. The minimum Gasteiger partial charge on any atom is -0.393 e.